The van der Waals surface area contributed by atoms with Gasteiger partial charge in [-0.05, 0) is 32.9 Å². The van der Waals surface area contributed by atoms with E-state index in [0.717, 1.165) is 0 Å². The van der Waals surface area contributed by atoms with Crippen LogP contribution < -0.4 is 5.32 Å². The first-order valence-corrected chi connectivity index (χ1v) is 7.31. The van der Waals surface area contributed by atoms with Crippen LogP contribution in [0, 0.1) is 10.1 Å². The number of nitrogens with one attached hydrogen (secondary N) is 1. The number of benzene rings is 1. The van der Waals surface area contributed by atoms with E-state index in [1.54, 1.807) is 0 Å². The lowest BCUT2D eigenvalue weighted by Crippen LogP contribution is -2.52. The fraction of sp³-hybridized carbons (Fsp3) is 0.533. The molecule has 22 heavy (non-hydrogen) atoms. The molecule has 1 aliphatic heterocycles. The molecule has 1 fully saturated rings. The van der Waals surface area contributed by atoms with E-state index in [1.807, 2.05) is 20.8 Å². The number of ether oxygens (including phenoxy) is 1. The van der Waals surface area contributed by atoms with Gasteiger partial charge in [-0.2, -0.15) is 0 Å². The lowest BCUT2D eigenvalue weighted by Gasteiger charge is -2.38. The number of hydrogen-bond donors (Lipinski definition) is 1. The molecule has 0 aromatic heterocycles. The van der Waals surface area contributed by atoms with Crippen molar-refractivity contribution in [3.05, 3.63) is 34.4 Å². The van der Waals surface area contributed by atoms with Gasteiger partial charge in [0.1, 0.15) is 0 Å². The van der Waals surface area contributed by atoms with Crippen LogP contribution in [-0.4, -0.2) is 47.1 Å². The molecule has 3 unspecified atom stereocenters. The van der Waals surface area contributed by atoms with E-state index in [0.29, 0.717) is 18.8 Å². The highest BCUT2D eigenvalue weighted by atomic mass is 16.6. The Hall–Kier alpha value is -1.99. The fourth-order valence-corrected chi connectivity index (χ4v) is 2.61. The van der Waals surface area contributed by atoms with E-state index < -0.39 is 4.92 Å². The molecule has 1 aromatic carbocycles. The number of carbonyl (C=O) groups is 1. The van der Waals surface area contributed by atoms with Crippen LogP contribution in [0.1, 0.15) is 20.8 Å². The summed E-state index contributed by atoms with van der Waals surface area (Å²) >= 11 is 0. The van der Waals surface area contributed by atoms with E-state index in [-0.39, 0.29) is 29.8 Å². The number of morpholine rings is 1. The summed E-state index contributed by atoms with van der Waals surface area (Å²) in [6, 6.07) is 5.53. The first-order chi connectivity index (χ1) is 10.4. The van der Waals surface area contributed by atoms with Crippen molar-refractivity contribution in [3.8, 4) is 0 Å². The molecule has 1 saturated heterocycles. The van der Waals surface area contributed by atoms with Gasteiger partial charge in [0.05, 0.1) is 23.2 Å². The van der Waals surface area contributed by atoms with E-state index in [2.05, 4.69) is 10.2 Å². The van der Waals surface area contributed by atoms with Crippen molar-refractivity contribution in [1.82, 2.24) is 4.90 Å². The third-order valence-electron chi connectivity index (χ3n) is 3.72. The largest absolute Gasteiger partial charge is 0.373 e. The molecule has 1 amide bonds. The third kappa shape index (κ3) is 4.02. The molecule has 1 aliphatic rings. The molecule has 1 aromatic rings. The maximum Gasteiger partial charge on any atom is 0.269 e. The maximum absolute atomic E-state index is 12.3. The molecule has 7 nitrogen and oxygen atoms in total. The first-order valence-electron chi connectivity index (χ1n) is 7.31. The molecule has 0 aliphatic carbocycles. The summed E-state index contributed by atoms with van der Waals surface area (Å²) < 4.78 is 5.66. The van der Waals surface area contributed by atoms with Crippen molar-refractivity contribution >= 4 is 17.3 Å². The summed E-state index contributed by atoms with van der Waals surface area (Å²) in [6.07, 6.45) is 0.191. The van der Waals surface area contributed by atoms with E-state index >= 15 is 0 Å². The van der Waals surface area contributed by atoms with Gasteiger partial charge in [0.2, 0.25) is 5.91 Å². The molecule has 1 heterocycles. The second-order valence-corrected chi connectivity index (χ2v) is 5.68. The average Bonchev–Trinajstić information content (AvgIpc) is 2.46. The van der Waals surface area contributed by atoms with Gasteiger partial charge >= 0.3 is 0 Å². The normalized spacial score (nSPS) is 23.8. The number of non-ortho nitro benzene ring substituents is 1. The quantitative estimate of drug-likeness (QED) is 0.679. The number of nitrogens with zero attached hydrogens (tertiary/aromatic N) is 2. The average molecular weight is 307 g/mol. The monoisotopic (exact) mass is 307 g/mol. The minimum absolute atomic E-state index is 0.00174. The van der Waals surface area contributed by atoms with Gasteiger partial charge in [-0.3, -0.25) is 19.8 Å². The second-order valence-electron chi connectivity index (χ2n) is 5.68. The van der Waals surface area contributed by atoms with Gasteiger partial charge in [0.15, 0.2) is 0 Å². The molecule has 0 bridgehead atoms. The van der Waals surface area contributed by atoms with Crippen LogP contribution in [-0.2, 0) is 9.53 Å². The van der Waals surface area contributed by atoms with Crippen LogP contribution in [0.5, 0.6) is 0 Å². The standard InChI is InChI=1S/C15H21N3O4/c1-10-8-17(9-11(2)22-10)12(3)15(19)16-13-4-6-14(7-5-13)18(20)21/h4-7,10-12H,8-9H2,1-3H3,(H,16,19). The maximum atomic E-state index is 12.3. The lowest BCUT2D eigenvalue weighted by atomic mass is 10.1. The van der Waals surface area contributed by atoms with Crippen molar-refractivity contribution < 1.29 is 14.5 Å². The van der Waals surface area contributed by atoms with Crippen LogP contribution in [0.4, 0.5) is 11.4 Å². The zero-order chi connectivity index (χ0) is 16.3. The molecular formula is C15H21N3O4. The van der Waals surface area contributed by atoms with Gasteiger partial charge in [0.25, 0.3) is 5.69 Å². The fourth-order valence-electron chi connectivity index (χ4n) is 2.61. The third-order valence-corrected chi connectivity index (χ3v) is 3.72. The minimum atomic E-state index is -0.468. The Morgan fingerprint density at radius 2 is 1.86 bits per heavy atom. The number of anilines is 1. The predicted molar refractivity (Wildman–Crippen MR) is 82.8 cm³/mol. The van der Waals surface area contributed by atoms with Crippen molar-refractivity contribution in [2.75, 3.05) is 18.4 Å². The van der Waals surface area contributed by atoms with Crippen molar-refractivity contribution in [2.45, 2.75) is 39.0 Å². The molecule has 120 valence electrons. The zero-order valence-corrected chi connectivity index (χ0v) is 13.0. The van der Waals surface area contributed by atoms with E-state index in [9.17, 15) is 14.9 Å². The van der Waals surface area contributed by atoms with E-state index in [1.165, 1.54) is 24.3 Å². The highest BCUT2D eigenvalue weighted by Crippen LogP contribution is 2.17. The minimum Gasteiger partial charge on any atom is -0.373 e. The van der Waals surface area contributed by atoms with E-state index in [4.69, 9.17) is 4.74 Å². The van der Waals surface area contributed by atoms with Crippen LogP contribution in [0.15, 0.2) is 24.3 Å². The molecule has 2 rings (SSSR count). The Kier molecular flexibility index (Phi) is 5.10. The zero-order valence-electron chi connectivity index (χ0n) is 13.0. The molecule has 3 atom stereocenters. The molecule has 1 N–H and O–H groups in total. The summed E-state index contributed by atoms with van der Waals surface area (Å²) in [6.45, 7) is 7.25. The van der Waals surface area contributed by atoms with Gasteiger partial charge < -0.3 is 10.1 Å². The smallest absolute Gasteiger partial charge is 0.269 e. The topological polar surface area (TPSA) is 84.7 Å². The van der Waals surface area contributed by atoms with Crippen LogP contribution >= 0.6 is 0 Å². The SMILES string of the molecule is CC1CN(C(C)C(=O)Nc2ccc([N+](=O)[O-])cc2)CC(C)O1. The Labute approximate surface area is 129 Å². The molecule has 0 saturated carbocycles. The molecule has 0 spiro atoms. The summed E-state index contributed by atoms with van der Waals surface area (Å²) in [5, 5.41) is 13.4. The number of amides is 1. The Bertz CT molecular complexity index is 536. The van der Waals surface area contributed by atoms with Gasteiger partial charge in [-0.25, -0.2) is 0 Å². The second kappa shape index (κ2) is 6.85. The summed E-state index contributed by atoms with van der Waals surface area (Å²) in [5.74, 6) is -0.129. The number of carbonyl (C=O) groups excluding carboxylic acids is 1. The van der Waals surface area contributed by atoms with Gasteiger partial charge in [-0.15, -0.1) is 0 Å². The van der Waals surface area contributed by atoms with Crippen LogP contribution in [0.2, 0.25) is 0 Å². The van der Waals surface area contributed by atoms with Crippen LogP contribution in [0.3, 0.4) is 0 Å². The van der Waals surface area contributed by atoms with Gasteiger partial charge in [-0.1, -0.05) is 0 Å². The Morgan fingerprint density at radius 3 is 2.36 bits per heavy atom. The van der Waals surface area contributed by atoms with Crippen molar-refractivity contribution in [2.24, 2.45) is 0 Å². The number of nitro groups is 1. The molecule has 0 radical (unpaired) electrons. The summed E-state index contributed by atoms with van der Waals surface area (Å²) in [5.41, 5.74) is 0.554. The summed E-state index contributed by atoms with van der Waals surface area (Å²) in [4.78, 5) is 24.5. The van der Waals surface area contributed by atoms with Crippen LogP contribution in [0.25, 0.3) is 0 Å². The molecular weight excluding hydrogens is 286 g/mol. The van der Waals surface area contributed by atoms with Gasteiger partial charge in [0, 0.05) is 30.9 Å². The Balaban J connectivity index is 1.97. The summed E-state index contributed by atoms with van der Waals surface area (Å²) in [7, 11) is 0. The number of nitro benzene ring substituents is 1. The first kappa shape index (κ1) is 16.4. The highest BCUT2D eigenvalue weighted by molar-refractivity contribution is 5.94. The van der Waals surface area contributed by atoms with Crippen molar-refractivity contribution in [1.29, 1.82) is 0 Å². The number of hydrogen-bond acceptors (Lipinski definition) is 5. The van der Waals surface area contributed by atoms with Crippen molar-refractivity contribution in [3.63, 3.8) is 0 Å². The predicted octanol–water partition coefficient (Wildman–Crippen LogP) is 2.03. The lowest BCUT2D eigenvalue weighted by molar-refractivity contribution is -0.384. The molecule has 7 heteroatoms. The number of rotatable bonds is 4. The Morgan fingerprint density at radius 1 is 1.32 bits per heavy atom. The highest BCUT2D eigenvalue weighted by Gasteiger charge is 2.29.